The second-order valence-corrected chi connectivity index (χ2v) is 9.25. The maximum absolute atomic E-state index is 12.6. The molecule has 0 bridgehead atoms. The van der Waals surface area contributed by atoms with E-state index in [4.69, 9.17) is 11.6 Å². The van der Waals surface area contributed by atoms with E-state index < -0.39 is 0 Å². The minimum Gasteiger partial charge on any atom is -0.349 e. The normalized spacial score (nSPS) is 15.5. The smallest absolute Gasteiger partial charge is 0.261 e. The van der Waals surface area contributed by atoms with Gasteiger partial charge in [0.2, 0.25) is 0 Å². The molecule has 1 aliphatic heterocycles. The lowest BCUT2D eigenvalue weighted by atomic mass is 10.1. The first-order chi connectivity index (χ1) is 12.6. The van der Waals surface area contributed by atoms with E-state index in [2.05, 4.69) is 10.4 Å². The number of amides is 1. The van der Waals surface area contributed by atoms with Gasteiger partial charge in [-0.1, -0.05) is 23.7 Å². The fourth-order valence-corrected chi connectivity index (χ4v) is 5.49. The van der Waals surface area contributed by atoms with Gasteiger partial charge in [-0.2, -0.15) is 16.9 Å². The fraction of sp³-hybridized carbons (Fsp3) is 0.368. The third-order valence-electron chi connectivity index (χ3n) is 4.63. The molecule has 7 heteroatoms. The maximum Gasteiger partial charge on any atom is 0.261 e. The van der Waals surface area contributed by atoms with E-state index in [9.17, 15) is 4.79 Å². The molecule has 1 saturated heterocycles. The summed E-state index contributed by atoms with van der Waals surface area (Å²) in [5.41, 5.74) is 2.09. The monoisotopic (exact) mass is 405 g/mol. The highest BCUT2D eigenvalue weighted by molar-refractivity contribution is 7.99. The Morgan fingerprint density at radius 1 is 1.31 bits per heavy atom. The number of carbonyl (C=O) groups is 1. The molecule has 136 valence electrons. The Hall–Kier alpha value is -1.50. The van der Waals surface area contributed by atoms with E-state index in [0.29, 0.717) is 12.6 Å². The molecule has 0 saturated carbocycles. The Bertz CT molecular complexity index is 926. The number of thioether (sulfide) groups is 1. The van der Waals surface area contributed by atoms with E-state index in [1.807, 2.05) is 53.7 Å². The number of fused-ring (bicyclic) bond motifs is 1. The number of hydrogen-bond acceptors (Lipinski definition) is 4. The SMILES string of the molecule is Cc1nn(Cc2ccc(Cl)cc2)c2sc(C(=O)NC3CCSCC3)cc12. The first kappa shape index (κ1) is 17.9. The third kappa shape index (κ3) is 3.77. The number of nitrogens with zero attached hydrogens (tertiary/aromatic N) is 2. The Balaban J connectivity index is 1.56. The maximum atomic E-state index is 12.6. The molecule has 0 radical (unpaired) electrons. The van der Waals surface area contributed by atoms with Crippen molar-refractivity contribution in [2.24, 2.45) is 0 Å². The average Bonchev–Trinajstić information content (AvgIpc) is 3.20. The van der Waals surface area contributed by atoms with E-state index in [1.54, 1.807) is 0 Å². The molecule has 26 heavy (non-hydrogen) atoms. The zero-order valence-electron chi connectivity index (χ0n) is 14.5. The van der Waals surface area contributed by atoms with Crippen LogP contribution in [0.4, 0.5) is 0 Å². The fourth-order valence-electron chi connectivity index (χ4n) is 3.19. The molecule has 3 aromatic rings. The van der Waals surface area contributed by atoms with Gasteiger partial charge < -0.3 is 5.32 Å². The number of nitrogens with one attached hydrogen (secondary N) is 1. The summed E-state index contributed by atoms with van der Waals surface area (Å²) in [5.74, 6) is 2.31. The van der Waals surface area contributed by atoms with Gasteiger partial charge in [0.15, 0.2) is 0 Å². The van der Waals surface area contributed by atoms with Crippen molar-refractivity contribution in [1.29, 1.82) is 0 Å². The molecule has 0 atom stereocenters. The van der Waals surface area contributed by atoms with Crippen LogP contribution in [-0.4, -0.2) is 33.2 Å². The summed E-state index contributed by atoms with van der Waals surface area (Å²) in [4.78, 5) is 14.5. The molecule has 1 amide bonds. The van der Waals surface area contributed by atoms with Crippen LogP contribution in [0.5, 0.6) is 0 Å². The Labute approximate surface area is 165 Å². The molecule has 0 aliphatic carbocycles. The van der Waals surface area contributed by atoms with Crippen molar-refractivity contribution in [2.45, 2.75) is 32.4 Å². The molecule has 4 rings (SSSR count). The van der Waals surface area contributed by atoms with Gasteiger partial charge in [0.1, 0.15) is 4.83 Å². The highest BCUT2D eigenvalue weighted by Gasteiger charge is 2.20. The standard InChI is InChI=1S/C19H20ClN3OS2/c1-12-16-10-17(18(24)21-15-6-8-25-9-7-15)26-19(16)23(22-12)11-13-2-4-14(20)5-3-13/h2-5,10,15H,6-9,11H2,1H3,(H,21,24). The van der Waals surface area contributed by atoms with Crippen molar-refractivity contribution < 1.29 is 4.79 Å². The van der Waals surface area contributed by atoms with Crippen molar-refractivity contribution in [3.05, 3.63) is 51.5 Å². The van der Waals surface area contributed by atoms with Gasteiger partial charge in [-0.15, -0.1) is 11.3 Å². The van der Waals surface area contributed by atoms with Crippen LogP contribution in [0.3, 0.4) is 0 Å². The van der Waals surface area contributed by atoms with Crippen LogP contribution in [0.2, 0.25) is 5.02 Å². The first-order valence-corrected chi connectivity index (χ1v) is 11.0. The zero-order valence-corrected chi connectivity index (χ0v) is 16.9. The number of hydrogen-bond donors (Lipinski definition) is 1. The Morgan fingerprint density at radius 3 is 2.77 bits per heavy atom. The topological polar surface area (TPSA) is 46.9 Å². The first-order valence-electron chi connectivity index (χ1n) is 8.70. The molecule has 0 spiro atoms. The van der Waals surface area contributed by atoms with Crippen molar-refractivity contribution in [2.75, 3.05) is 11.5 Å². The molecule has 4 nitrogen and oxygen atoms in total. The van der Waals surface area contributed by atoms with Crippen molar-refractivity contribution in [3.8, 4) is 0 Å². The molecule has 1 N–H and O–H groups in total. The average molecular weight is 406 g/mol. The Morgan fingerprint density at radius 2 is 2.04 bits per heavy atom. The number of thiophene rings is 1. The molecule has 3 heterocycles. The van der Waals surface area contributed by atoms with Crippen LogP contribution in [0.15, 0.2) is 30.3 Å². The second-order valence-electron chi connectivity index (χ2n) is 6.56. The van der Waals surface area contributed by atoms with Crippen molar-refractivity contribution in [3.63, 3.8) is 0 Å². The largest absolute Gasteiger partial charge is 0.349 e. The molecular weight excluding hydrogens is 386 g/mol. The Kier molecular flexibility index (Phi) is 5.25. The van der Waals surface area contributed by atoms with Crippen LogP contribution in [0.25, 0.3) is 10.2 Å². The predicted octanol–water partition coefficient (Wildman–Crippen LogP) is 4.73. The van der Waals surface area contributed by atoms with Crippen LogP contribution in [-0.2, 0) is 6.54 Å². The third-order valence-corrected chi connectivity index (χ3v) is 7.08. The molecule has 1 aliphatic rings. The number of rotatable bonds is 4. The quantitative estimate of drug-likeness (QED) is 0.682. The molecule has 0 unspecified atom stereocenters. The van der Waals surface area contributed by atoms with Gasteiger partial charge >= 0.3 is 0 Å². The summed E-state index contributed by atoms with van der Waals surface area (Å²) in [7, 11) is 0. The number of halogens is 1. The van der Waals surface area contributed by atoms with Crippen LogP contribution in [0, 0.1) is 6.92 Å². The number of benzene rings is 1. The summed E-state index contributed by atoms with van der Waals surface area (Å²) in [6, 6.07) is 10.1. The van der Waals surface area contributed by atoms with Crippen LogP contribution in [0.1, 0.15) is 33.8 Å². The summed E-state index contributed by atoms with van der Waals surface area (Å²) >= 11 is 9.45. The van der Waals surface area contributed by atoms with Crippen molar-refractivity contribution in [1.82, 2.24) is 15.1 Å². The predicted molar refractivity (Wildman–Crippen MR) is 111 cm³/mol. The highest BCUT2D eigenvalue weighted by atomic mass is 35.5. The summed E-state index contributed by atoms with van der Waals surface area (Å²) in [5, 5.41) is 9.63. The van der Waals surface area contributed by atoms with E-state index >= 15 is 0 Å². The van der Waals surface area contributed by atoms with Gasteiger partial charge in [0.25, 0.3) is 5.91 Å². The summed E-state index contributed by atoms with van der Waals surface area (Å²) < 4.78 is 1.98. The van der Waals surface area contributed by atoms with Gasteiger partial charge in [0.05, 0.1) is 17.1 Å². The minimum atomic E-state index is 0.0422. The van der Waals surface area contributed by atoms with E-state index in [1.165, 1.54) is 11.3 Å². The van der Waals surface area contributed by atoms with Gasteiger partial charge in [0, 0.05) is 16.5 Å². The lowest BCUT2D eigenvalue weighted by molar-refractivity contribution is 0.0939. The van der Waals surface area contributed by atoms with E-state index in [-0.39, 0.29) is 5.91 Å². The van der Waals surface area contributed by atoms with Gasteiger partial charge in [-0.3, -0.25) is 9.48 Å². The zero-order chi connectivity index (χ0) is 18.1. The van der Waals surface area contributed by atoms with Crippen LogP contribution >= 0.6 is 34.7 Å². The molecule has 2 aromatic heterocycles. The molecule has 1 aromatic carbocycles. The summed E-state index contributed by atoms with van der Waals surface area (Å²) in [6.45, 7) is 2.66. The minimum absolute atomic E-state index is 0.0422. The highest BCUT2D eigenvalue weighted by Crippen LogP contribution is 2.29. The number of aryl methyl sites for hydroxylation is 1. The summed E-state index contributed by atoms with van der Waals surface area (Å²) in [6.07, 6.45) is 2.12. The molecular formula is C19H20ClN3OS2. The van der Waals surface area contributed by atoms with E-state index in [0.717, 1.165) is 55.7 Å². The second kappa shape index (κ2) is 7.62. The van der Waals surface area contributed by atoms with Crippen LogP contribution < -0.4 is 5.32 Å². The van der Waals surface area contributed by atoms with Gasteiger partial charge in [-0.25, -0.2) is 0 Å². The number of aromatic nitrogens is 2. The van der Waals surface area contributed by atoms with Gasteiger partial charge in [-0.05, 0) is 55.0 Å². The lowest BCUT2D eigenvalue weighted by Crippen LogP contribution is -2.36. The molecule has 1 fully saturated rings. The van der Waals surface area contributed by atoms with Crippen molar-refractivity contribution >= 4 is 50.8 Å². The lowest BCUT2D eigenvalue weighted by Gasteiger charge is -2.22. The number of carbonyl (C=O) groups excluding carboxylic acids is 1.